The fourth-order valence-electron chi connectivity index (χ4n) is 2.51. The first-order valence-corrected chi connectivity index (χ1v) is 8.52. The number of rotatable bonds is 7. The zero-order chi connectivity index (χ0) is 19.6. The van der Waals surface area contributed by atoms with Gasteiger partial charge in [-0.15, -0.1) is 0 Å². The zero-order valence-electron chi connectivity index (χ0n) is 15.8. The Bertz CT molecular complexity index is 948. The van der Waals surface area contributed by atoms with Crippen LogP contribution in [-0.2, 0) is 13.6 Å². The number of benzene rings is 1. The minimum Gasteiger partial charge on any atom is -0.508 e. The summed E-state index contributed by atoms with van der Waals surface area (Å²) in [6.07, 6.45) is 1.66. The van der Waals surface area contributed by atoms with Gasteiger partial charge in [-0.05, 0) is 32.0 Å². The Labute approximate surface area is 157 Å². The lowest BCUT2D eigenvalue weighted by Crippen LogP contribution is -2.30. The van der Waals surface area contributed by atoms with Crippen molar-refractivity contribution in [3.05, 3.63) is 30.1 Å². The molecule has 0 aliphatic rings. The predicted octanol–water partition coefficient (Wildman–Crippen LogP) is 1.87. The van der Waals surface area contributed by atoms with Gasteiger partial charge in [0.2, 0.25) is 5.95 Å². The van der Waals surface area contributed by atoms with Gasteiger partial charge in [0, 0.05) is 25.7 Å². The lowest BCUT2D eigenvalue weighted by atomic mass is 10.1. The van der Waals surface area contributed by atoms with Crippen molar-refractivity contribution in [3.63, 3.8) is 0 Å². The van der Waals surface area contributed by atoms with Crippen LogP contribution in [0.4, 0.5) is 11.8 Å². The molecular formula is C18H24N6O3. The van der Waals surface area contributed by atoms with Crippen LogP contribution in [0.3, 0.4) is 0 Å². The first-order chi connectivity index (χ1) is 12.8. The molecule has 0 saturated carbocycles. The summed E-state index contributed by atoms with van der Waals surface area (Å²) in [5.41, 5.74) is 1.04. The largest absolute Gasteiger partial charge is 0.508 e. The fraction of sp³-hybridized carbons (Fsp3) is 0.389. The molecule has 2 heterocycles. The molecule has 144 valence electrons. The van der Waals surface area contributed by atoms with Crippen molar-refractivity contribution in [1.29, 1.82) is 0 Å². The number of imidazole rings is 1. The molecule has 0 aliphatic heterocycles. The van der Waals surface area contributed by atoms with E-state index in [0.29, 0.717) is 47.3 Å². The molecule has 0 amide bonds. The molecule has 1 aromatic carbocycles. The quantitative estimate of drug-likeness (QED) is 0.497. The van der Waals surface area contributed by atoms with Gasteiger partial charge in [-0.2, -0.15) is 9.97 Å². The van der Waals surface area contributed by atoms with E-state index in [-0.39, 0.29) is 5.75 Å². The number of nitrogens with one attached hydrogen (secondary N) is 2. The van der Waals surface area contributed by atoms with Crippen molar-refractivity contribution in [1.82, 2.24) is 19.5 Å². The minimum absolute atomic E-state index is 0.162. The van der Waals surface area contributed by atoms with Crippen molar-refractivity contribution < 1.29 is 14.9 Å². The third-order valence-electron chi connectivity index (χ3n) is 3.97. The summed E-state index contributed by atoms with van der Waals surface area (Å²) >= 11 is 0. The second-order valence-electron chi connectivity index (χ2n) is 6.94. The van der Waals surface area contributed by atoms with Crippen LogP contribution in [0.2, 0.25) is 0 Å². The Morgan fingerprint density at radius 2 is 2.00 bits per heavy atom. The summed E-state index contributed by atoms with van der Waals surface area (Å²) < 4.78 is 7.00. The third-order valence-corrected chi connectivity index (χ3v) is 3.97. The molecule has 9 nitrogen and oxygen atoms in total. The van der Waals surface area contributed by atoms with Gasteiger partial charge in [-0.1, -0.05) is 0 Å². The number of phenolic OH excluding ortho intramolecular Hbond substituents is 1. The van der Waals surface area contributed by atoms with Gasteiger partial charge in [-0.3, -0.25) is 0 Å². The number of fused-ring (bicyclic) bond motifs is 1. The zero-order valence-corrected chi connectivity index (χ0v) is 15.8. The first kappa shape index (κ1) is 18.7. The van der Waals surface area contributed by atoms with E-state index in [2.05, 4.69) is 25.6 Å². The van der Waals surface area contributed by atoms with E-state index in [1.54, 1.807) is 50.1 Å². The van der Waals surface area contributed by atoms with Gasteiger partial charge in [0.05, 0.1) is 19.0 Å². The van der Waals surface area contributed by atoms with E-state index >= 15 is 0 Å². The van der Waals surface area contributed by atoms with Gasteiger partial charge in [-0.25, -0.2) is 4.98 Å². The number of ether oxygens (including phenoxy) is 1. The molecule has 0 unspecified atom stereocenters. The smallest absolute Gasteiger partial charge is 0.226 e. The predicted molar refractivity (Wildman–Crippen MR) is 103 cm³/mol. The number of aromatic hydroxyl groups is 1. The number of nitrogens with zero attached hydrogens (tertiary/aromatic N) is 4. The maximum absolute atomic E-state index is 10.1. The fourth-order valence-corrected chi connectivity index (χ4v) is 2.51. The molecule has 0 radical (unpaired) electrons. The number of aryl methyl sites for hydroxylation is 1. The Morgan fingerprint density at radius 1 is 1.22 bits per heavy atom. The van der Waals surface area contributed by atoms with Gasteiger partial charge in [0.15, 0.2) is 17.0 Å². The number of aromatic nitrogens is 4. The van der Waals surface area contributed by atoms with Crippen molar-refractivity contribution in [2.24, 2.45) is 7.05 Å². The first-order valence-electron chi connectivity index (χ1n) is 8.52. The molecule has 9 heteroatoms. The van der Waals surface area contributed by atoms with E-state index in [9.17, 15) is 10.2 Å². The standard InChI is InChI=1S/C18H24N6O3/c1-18(2,26)9-20-17-22-15(14-16(23-17)24(3)10-21-14)19-8-11-7-12(27-4)5-6-13(11)25/h5-7,10,25-26H,8-9H2,1-4H3,(H2,19,20,22,23). The molecular weight excluding hydrogens is 348 g/mol. The van der Waals surface area contributed by atoms with Crippen LogP contribution in [-0.4, -0.2) is 49.0 Å². The summed E-state index contributed by atoms with van der Waals surface area (Å²) in [6, 6.07) is 5.04. The highest BCUT2D eigenvalue weighted by Crippen LogP contribution is 2.25. The van der Waals surface area contributed by atoms with E-state index < -0.39 is 5.60 Å². The third kappa shape index (κ3) is 4.37. The minimum atomic E-state index is -0.898. The topological polar surface area (TPSA) is 117 Å². The summed E-state index contributed by atoms with van der Waals surface area (Å²) in [6.45, 7) is 4.03. The number of anilines is 2. The molecule has 0 bridgehead atoms. The summed E-state index contributed by atoms with van der Waals surface area (Å²) in [5, 5.41) is 26.2. The van der Waals surface area contributed by atoms with Crippen molar-refractivity contribution in [2.45, 2.75) is 26.0 Å². The second kappa shape index (κ2) is 7.28. The SMILES string of the molecule is COc1ccc(O)c(CNc2nc(NCC(C)(C)O)nc3c2ncn3C)c1. The van der Waals surface area contributed by atoms with Crippen LogP contribution in [0.25, 0.3) is 11.2 Å². The average molecular weight is 372 g/mol. The Morgan fingerprint density at radius 3 is 2.70 bits per heavy atom. The maximum atomic E-state index is 10.1. The molecule has 2 aromatic heterocycles. The summed E-state index contributed by atoms with van der Waals surface area (Å²) in [7, 11) is 3.42. The summed E-state index contributed by atoms with van der Waals surface area (Å²) in [5.74, 6) is 1.73. The van der Waals surface area contributed by atoms with Crippen LogP contribution in [0.1, 0.15) is 19.4 Å². The molecule has 27 heavy (non-hydrogen) atoms. The number of hydrogen-bond acceptors (Lipinski definition) is 8. The highest BCUT2D eigenvalue weighted by atomic mass is 16.5. The molecule has 3 aromatic rings. The van der Waals surface area contributed by atoms with Gasteiger partial charge in [0.1, 0.15) is 11.5 Å². The highest BCUT2D eigenvalue weighted by molar-refractivity contribution is 5.84. The van der Waals surface area contributed by atoms with Crippen molar-refractivity contribution in [3.8, 4) is 11.5 Å². The molecule has 0 spiro atoms. The van der Waals surface area contributed by atoms with E-state index in [4.69, 9.17) is 4.74 Å². The molecule has 3 rings (SSSR count). The van der Waals surface area contributed by atoms with Gasteiger partial charge < -0.3 is 30.2 Å². The van der Waals surface area contributed by atoms with E-state index in [0.717, 1.165) is 0 Å². The number of aliphatic hydroxyl groups is 1. The van der Waals surface area contributed by atoms with Gasteiger partial charge >= 0.3 is 0 Å². The second-order valence-corrected chi connectivity index (χ2v) is 6.94. The Kier molecular flexibility index (Phi) is 5.04. The monoisotopic (exact) mass is 372 g/mol. The van der Waals surface area contributed by atoms with Crippen molar-refractivity contribution in [2.75, 3.05) is 24.3 Å². The van der Waals surface area contributed by atoms with E-state index in [1.807, 2.05) is 7.05 Å². The van der Waals surface area contributed by atoms with Crippen LogP contribution in [0.5, 0.6) is 11.5 Å². The molecule has 0 fully saturated rings. The number of methoxy groups -OCH3 is 1. The number of hydrogen-bond donors (Lipinski definition) is 4. The van der Waals surface area contributed by atoms with Crippen LogP contribution in [0, 0.1) is 0 Å². The number of phenols is 1. The average Bonchev–Trinajstić information content (AvgIpc) is 3.00. The lowest BCUT2D eigenvalue weighted by molar-refractivity contribution is 0.0943. The van der Waals surface area contributed by atoms with E-state index in [1.165, 1.54) is 0 Å². The Balaban J connectivity index is 1.88. The highest BCUT2D eigenvalue weighted by Gasteiger charge is 2.16. The molecule has 0 aliphatic carbocycles. The Hall–Kier alpha value is -3.07. The normalized spacial score (nSPS) is 11.6. The van der Waals surface area contributed by atoms with Gasteiger partial charge in [0.25, 0.3) is 0 Å². The molecule has 0 atom stereocenters. The van der Waals surface area contributed by atoms with Crippen LogP contribution >= 0.6 is 0 Å². The molecule has 4 N–H and O–H groups in total. The molecule has 0 saturated heterocycles. The van der Waals surface area contributed by atoms with Crippen LogP contribution in [0.15, 0.2) is 24.5 Å². The summed E-state index contributed by atoms with van der Waals surface area (Å²) in [4.78, 5) is 13.3. The van der Waals surface area contributed by atoms with Crippen LogP contribution < -0.4 is 15.4 Å². The maximum Gasteiger partial charge on any atom is 0.226 e. The van der Waals surface area contributed by atoms with Crippen molar-refractivity contribution >= 4 is 22.9 Å². The lowest BCUT2D eigenvalue weighted by Gasteiger charge is -2.18.